The highest BCUT2D eigenvalue weighted by Gasteiger charge is 2.14. The first kappa shape index (κ1) is 11.9. The Morgan fingerprint density at radius 1 is 1.44 bits per heavy atom. The Balaban J connectivity index is 2.06. The average molecular weight is 249 g/mol. The number of phenolic OH excluding ortho intramolecular Hbond substituents is 2. The number of nitrogens with one attached hydrogen (secondary N) is 1. The van der Waals surface area contributed by atoms with E-state index >= 15 is 0 Å². The first-order valence-corrected chi connectivity index (χ1v) is 5.16. The van der Waals surface area contributed by atoms with E-state index in [1.165, 1.54) is 18.2 Å². The van der Waals surface area contributed by atoms with Crippen LogP contribution in [-0.2, 0) is 6.54 Å². The number of phenols is 2. The Morgan fingerprint density at radius 2 is 2.22 bits per heavy atom. The molecule has 3 N–H and O–H groups in total. The fourth-order valence-corrected chi connectivity index (χ4v) is 1.38. The molecule has 0 bridgehead atoms. The van der Waals surface area contributed by atoms with Crippen molar-refractivity contribution in [2.75, 3.05) is 0 Å². The number of para-hydroxylation sites is 1. The number of aryl methyl sites for hydroxylation is 1. The van der Waals surface area contributed by atoms with E-state index in [0.29, 0.717) is 11.7 Å². The van der Waals surface area contributed by atoms with E-state index in [0.717, 1.165) is 0 Å². The van der Waals surface area contributed by atoms with Crippen molar-refractivity contribution in [3.05, 3.63) is 35.5 Å². The molecule has 7 nitrogen and oxygen atoms in total. The van der Waals surface area contributed by atoms with Crippen molar-refractivity contribution >= 4 is 5.91 Å². The molecule has 0 saturated carbocycles. The molecule has 0 radical (unpaired) electrons. The summed E-state index contributed by atoms with van der Waals surface area (Å²) >= 11 is 0. The molecular weight excluding hydrogens is 238 g/mol. The van der Waals surface area contributed by atoms with Gasteiger partial charge in [0.1, 0.15) is 0 Å². The minimum atomic E-state index is -0.536. The van der Waals surface area contributed by atoms with E-state index in [2.05, 4.69) is 15.5 Å². The monoisotopic (exact) mass is 249 g/mol. The van der Waals surface area contributed by atoms with Crippen LogP contribution < -0.4 is 5.32 Å². The van der Waals surface area contributed by atoms with Crippen molar-refractivity contribution < 1.29 is 19.5 Å². The number of nitrogens with zero attached hydrogens (tertiary/aromatic N) is 2. The van der Waals surface area contributed by atoms with Gasteiger partial charge < -0.3 is 20.1 Å². The lowest BCUT2D eigenvalue weighted by molar-refractivity contribution is 0.0946. The summed E-state index contributed by atoms with van der Waals surface area (Å²) in [4.78, 5) is 15.6. The molecule has 0 aliphatic heterocycles. The number of aromatic hydroxyl groups is 2. The smallest absolute Gasteiger partial charge is 0.255 e. The van der Waals surface area contributed by atoms with Crippen LogP contribution in [0.5, 0.6) is 11.5 Å². The highest BCUT2D eigenvalue weighted by molar-refractivity contribution is 5.97. The van der Waals surface area contributed by atoms with Crippen LogP contribution in [0, 0.1) is 6.92 Å². The Hall–Kier alpha value is -2.57. The minimum absolute atomic E-state index is 0.0183. The van der Waals surface area contributed by atoms with Crippen LogP contribution in [0.1, 0.15) is 22.1 Å². The van der Waals surface area contributed by atoms with E-state index < -0.39 is 11.7 Å². The van der Waals surface area contributed by atoms with E-state index in [1.54, 1.807) is 6.92 Å². The zero-order chi connectivity index (χ0) is 13.1. The van der Waals surface area contributed by atoms with Gasteiger partial charge in [-0.25, -0.2) is 0 Å². The Labute approximate surface area is 102 Å². The summed E-state index contributed by atoms with van der Waals surface area (Å²) in [5.41, 5.74) is -0.0183. The minimum Gasteiger partial charge on any atom is -0.504 e. The number of carbonyl (C=O) groups is 1. The second-order valence-electron chi connectivity index (χ2n) is 3.59. The molecule has 0 aliphatic carbocycles. The van der Waals surface area contributed by atoms with Crippen LogP contribution in [0.15, 0.2) is 22.7 Å². The molecule has 0 aliphatic rings. The predicted molar refractivity (Wildman–Crippen MR) is 60.0 cm³/mol. The summed E-state index contributed by atoms with van der Waals surface area (Å²) in [5, 5.41) is 24.9. The zero-order valence-corrected chi connectivity index (χ0v) is 9.54. The standard InChI is InChI=1S/C11H11N3O4/c1-6-13-9(14-18-6)5-12-11(17)7-3-2-4-8(15)10(7)16/h2-4,15-16H,5H2,1H3,(H,12,17). The third-order valence-corrected chi connectivity index (χ3v) is 2.24. The number of hydrogen-bond donors (Lipinski definition) is 3. The molecule has 7 heteroatoms. The molecule has 1 amide bonds. The number of rotatable bonds is 3. The molecule has 2 aromatic rings. The molecular formula is C11H11N3O4. The summed E-state index contributed by atoms with van der Waals surface area (Å²) < 4.78 is 4.74. The highest BCUT2D eigenvalue weighted by atomic mass is 16.5. The lowest BCUT2D eigenvalue weighted by Crippen LogP contribution is -2.23. The predicted octanol–water partition coefficient (Wildman–Crippen LogP) is 0.719. The molecule has 2 rings (SSSR count). The number of hydrogen-bond acceptors (Lipinski definition) is 6. The number of aromatic nitrogens is 2. The Morgan fingerprint density at radius 3 is 2.89 bits per heavy atom. The first-order chi connectivity index (χ1) is 8.58. The molecule has 0 unspecified atom stereocenters. The summed E-state index contributed by atoms with van der Waals surface area (Å²) in [6.07, 6.45) is 0. The topological polar surface area (TPSA) is 108 Å². The second kappa shape index (κ2) is 4.74. The van der Waals surface area contributed by atoms with Crippen LogP contribution >= 0.6 is 0 Å². The van der Waals surface area contributed by atoms with Crippen LogP contribution in [0.2, 0.25) is 0 Å². The maximum atomic E-state index is 11.7. The van der Waals surface area contributed by atoms with Crippen molar-refractivity contribution in [3.63, 3.8) is 0 Å². The van der Waals surface area contributed by atoms with Gasteiger partial charge in [0.15, 0.2) is 17.3 Å². The van der Waals surface area contributed by atoms with Gasteiger partial charge in [-0.05, 0) is 12.1 Å². The summed E-state index contributed by atoms with van der Waals surface area (Å²) in [7, 11) is 0. The van der Waals surface area contributed by atoms with Gasteiger partial charge in [-0.1, -0.05) is 11.2 Å². The highest BCUT2D eigenvalue weighted by Crippen LogP contribution is 2.27. The molecule has 1 aromatic heterocycles. The van der Waals surface area contributed by atoms with Crippen molar-refractivity contribution in [3.8, 4) is 11.5 Å². The maximum Gasteiger partial charge on any atom is 0.255 e. The normalized spacial score (nSPS) is 10.3. The van der Waals surface area contributed by atoms with Gasteiger partial charge in [0, 0.05) is 6.92 Å². The SMILES string of the molecule is Cc1nc(CNC(=O)c2cccc(O)c2O)no1. The van der Waals surface area contributed by atoms with E-state index in [-0.39, 0.29) is 17.9 Å². The average Bonchev–Trinajstić information content (AvgIpc) is 2.76. The van der Waals surface area contributed by atoms with Crippen LogP contribution in [0.25, 0.3) is 0 Å². The van der Waals surface area contributed by atoms with Gasteiger partial charge >= 0.3 is 0 Å². The fourth-order valence-electron chi connectivity index (χ4n) is 1.38. The summed E-state index contributed by atoms with van der Waals surface area (Å²) in [6.45, 7) is 1.71. The van der Waals surface area contributed by atoms with E-state index in [4.69, 9.17) is 4.52 Å². The fraction of sp³-hybridized carbons (Fsp3) is 0.182. The number of benzene rings is 1. The largest absolute Gasteiger partial charge is 0.504 e. The Kier molecular flexibility index (Phi) is 3.13. The van der Waals surface area contributed by atoms with E-state index in [1.807, 2.05) is 0 Å². The molecule has 0 spiro atoms. The Bertz CT molecular complexity index is 579. The third-order valence-electron chi connectivity index (χ3n) is 2.24. The van der Waals surface area contributed by atoms with Crippen LogP contribution in [-0.4, -0.2) is 26.3 Å². The van der Waals surface area contributed by atoms with Gasteiger partial charge in [-0.3, -0.25) is 4.79 Å². The van der Waals surface area contributed by atoms with Crippen molar-refractivity contribution in [2.24, 2.45) is 0 Å². The molecule has 94 valence electrons. The third kappa shape index (κ3) is 2.40. The van der Waals surface area contributed by atoms with Gasteiger partial charge in [-0.15, -0.1) is 0 Å². The second-order valence-corrected chi connectivity index (χ2v) is 3.59. The maximum absolute atomic E-state index is 11.7. The zero-order valence-electron chi connectivity index (χ0n) is 9.54. The van der Waals surface area contributed by atoms with E-state index in [9.17, 15) is 15.0 Å². The molecule has 18 heavy (non-hydrogen) atoms. The van der Waals surface area contributed by atoms with Gasteiger partial charge in [-0.2, -0.15) is 4.98 Å². The quantitative estimate of drug-likeness (QED) is 0.691. The molecule has 0 atom stereocenters. The van der Waals surface area contributed by atoms with Crippen LogP contribution in [0.3, 0.4) is 0 Å². The number of carbonyl (C=O) groups excluding carboxylic acids is 1. The van der Waals surface area contributed by atoms with Crippen molar-refractivity contribution in [2.45, 2.75) is 13.5 Å². The van der Waals surface area contributed by atoms with Gasteiger partial charge in [0.25, 0.3) is 5.91 Å². The van der Waals surface area contributed by atoms with Crippen molar-refractivity contribution in [1.82, 2.24) is 15.5 Å². The summed E-state index contributed by atoms with van der Waals surface area (Å²) in [6, 6.07) is 4.14. The van der Waals surface area contributed by atoms with Gasteiger partial charge in [0.2, 0.25) is 5.89 Å². The molecule has 1 heterocycles. The number of amides is 1. The molecule has 1 aromatic carbocycles. The lowest BCUT2D eigenvalue weighted by atomic mass is 10.1. The van der Waals surface area contributed by atoms with Gasteiger partial charge in [0.05, 0.1) is 12.1 Å². The molecule has 0 saturated heterocycles. The van der Waals surface area contributed by atoms with Crippen molar-refractivity contribution in [1.29, 1.82) is 0 Å². The molecule has 0 fully saturated rings. The summed E-state index contributed by atoms with van der Waals surface area (Å²) in [5.74, 6) is -0.608. The van der Waals surface area contributed by atoms with Crippen LogP contribution in [0.4, 0.5) is 0 Å². The first-order valence-electron chi connectivity index (χ1n) is 5.16. The lowest BCUT2D eigenvalue weighted by Gasteiger charge is -2.05.